The number of rotatable bonds is 4. The Morgan fingerprint density at radius 1 is 1.21 bits per heavy atom. The van der Waals surface area contributed by atoms with Gasteiger partial charge in [-0.2, -0.15) is 0 Å². The Morgan fingerprint density at radius 3 is 2.46 bits per heavy atom. The van der Waals surface area contributed by atoms with E-state index in [4.69, 9.17) is 0 Å². The van der Waals surface area contributed by atoms with Gasteiger partial charge in [0.25, 0.3) is 5.69 Å². The van der Waals surface area contributed by atoms with Crippen molar-refractivity contribution in [2.45, 2.75) is 26.7 Å². The number of carbonyl (C=O) groups excluding carboxylic acids is 1. The van der Waals surface area contributed by atoms with Gasteiger partial charge in [-0.1, -0.05) is 0 Å². The van der Waals surface area contributed by atoms with Crippen LogP contribution >= 0.6 is 0 Å². The molecule has 130 valence electrons. The lowest BCUT2D eigenvalue weighted by Crippen LogP contribution is -2.50. The molecule has 1 saturated heterocycles. The average Bonchev–Trinajstić information content (AvgIpc) is 3.34. The van der Waals surface area contributed by atoms with E-state index < -0.39 is 4.92 Å². The van der Waals surface area contributed by atoms with Crippen LogP contribution in [0.5, 0.6) is 0 Å². The predicted octanol–water partition coefficient (Wildman–Crippen LogP) is 2.77. The second-order valence-electron chi connectivity index (χ2n) is 6.87. The number of nitro benzene ring substituents is 1. The van der Waals surface area contributed by atoms with Crippen LogP contribution in [-0.4, -0.2) is 53.5 Å². The van der Waals surface area contributed by atoms with Gasteiger partial charge in [0.15, 0.2) is 0 Å². The summed E-state index contributed by atoms with van der Waals surface area (Å²) >= 11 is 0. The van der Waals surface area contributed by atoms with Crippen molar-refractivity contribution in [2.24, 2.45) is 5.92 Å². The average molecular weight is 332 g/mol. The zero-order valence-corrected chi connectivity index (χ0v) is 14.2. The van der Waals surface area contributed by atoms with E-state index in [9.17, 15) is 14.9 Å². The van der Waals surface area contributed by atoms with Gasteiger partial charge in [-0.15, -0.1) is 0 Å². The van der Waals surface area contributed by atoms with E-state index in [0.717, 1.165) is 31.1 Å². The zero-order valence-electron chi connectivity index (χ0n) is 14.2. The summed E-state index contributed by atoms with van der Waals surface area (Å²) in [6.45, 7) is 7.90. The summed E-state index contributed by atoms with van der Waals surface area (Å²) in [5.74, 6) is 0.862. The van der Waals surface area contributed by atoms with Crippen molar-refractivity contribution in [3.63, 3.8) is 0 Å². The number of anilines is 1. The minimum Gasteiger partial charge on any atom is -0.322 e. The van der Waals surface area contributed by atoms with Gasteiger partial charge in [-0.05, 0) is 44.2 Å². The lowest BCUT2D eigenvalue weighted by atomic mass is 10.1. The van der Waals surface area contributed by atoms with Crippen molar-refractivity contribution in [3.8, 4) is 0 Å². The zero-order chi connectivity index (χ0) is 17.3. The van der Waals surface area contributed by atoms with Gasteiger partial charge >= 0.3 is 6.03 Å². The van der Waals surface area contributed by atoms with Crippen LogP contribution in [0.4, 0.5) is 16.2 Å². The van der Waals surface area contributed by atoms with Gasteiger partial charge < -0.3 is 10.2 Å². The molecular formula is C17H24N4O3. The number of hydrogen-bond acceptors (Lipinski definition) is 4. The molecule has 1 aliphatic heterocycles. The van der Waals surface area contributed by atoms with Crippen LogP contribution in [0.25, 0.3) is 0 Å². The standard InChI is InChI=1S/C17H24N4O3/c1-12-9-13(2)16(21(23)24)10-15(12)18-17(22)20-7-5-19(6-8-20)11-14-3-4-14/h9-10,14H,3-8,11H2,1-2H3,(H,18,22). The van der Waals surface area contributed by atoms with E-state index >= 15 is 0 Å². The number of urea groups is 1. The van der Waals surface area contributed by atoms with Crippen LogP contribution in [0.2, 0.25) is 0 Å². The third-order valence-electron chi connectivity index (χ3n) is 4.85. The number of nitro groups is 1. The van der Waals surface area contributed by atoms with Crippen molar-refractivity contribution in [1.82, 2.24) is 9.80 Å². The lowest BCUT2D eigenvalue weighted by Gasteiger charge is -2.34. The summed E-state index contributed by atoms with van der Waals surface area (Å²) < 4.78 is 0. The quantitative estimate of drug-likeness (QED) is 0.679. The number of carbonyl (C=O) groups is 1. The first-order valence-corrected chi connectivity index (χ1v) is 8.48. The van der Waals surface area contributed by atoms with Gasteiger partial charge in [0.2, 0.25) is 0 Å². The van der Waals surface area contributed by atoms with Gasteiger partial charge in [-0.25, -0.2) is 4.79 Å². The molecule has 3 rings (SSSR count). The molecule has 2 aliphatic rings. The number of hydrogen-bond donors (Lipinski definition) is 1. The molecule has 0 spiro atoms. The Labute approximate surface area is 141 Å². The summed E-state index contributed by atoms with van der Waals surface area (Å²) in [7, 11) is 0. The molecule has 1 aromatic carbocycles. The molecule has 7 heteroatoms. The highest BCUT2D eigenvalue weighted by molar-refractivity contribution is 5.90. The number of aryl methyl sites for hydroxylation is 2. The molecule has 24 heavy (non-hydrogen) atoms. The van der Waals surface area contributed by atoms with Crippen molar-refractivity contribution in [3.05, 3.63) is 33.4 Å². The van der Waals surface area contributed by atoms with Crippen molar-refractivity contribution < 1.29 is 9.72 Å². The molecule has 0 bridgehead atoms. The molecule has 7 nitrogen and oxygen atoms in total. The summed E-state index contributed by atoms with van der Waals surface area (Å²) in [5, 5.41) is 13.9. The Bertz CT molecular complexity index is 649. The molecule has 0 atom stereocenters. The van der Waals surface area contributed by atoms with Crippen LogP contribution in [-0.2, 0) is 0 Å². The Morgan fingerprint density at radius 2 is 1.88 bits per heavy atom. The highest BCUT2D eigenvalue weighted by atomic mass is 16.6. The minimum absolute atomic E-state index is 0.0325. The molecular weight excluding hydrogens is 308 g/mol. The molecule has 1 N–H and O–H groups in total. The Kier molecular flexibility index (Phi) is 4.71. The monoisotopic (exact) mass is 332 g/mol. The molecule has 0 aromatic heterocycles. The maximum absolute atomic E-state index is 12.5. The van der Waals surface area contributed by atoms with Crippen LogP contribution in [0.1, 0.15) is 24.0 Å². The summed E-state index contributed by atoms with van der Waals surface area (Å²) in [5.41, 5.74) is 1.98. The first-order valence-electron chi connectivity index (χ1n) is 8.48. The molecule has 1 aromatic rings. The predicted molar refractivity (Wildman–Crippen MR) is 92.3 cm³/mol. The van der Waals surface area contributed by atoms with Gasteiger partial charge in [0.05, 0.1) is 10.6 Å². The lowest BCUT2D eigenvalue weighted by molar-refractivity contribution is -0.385. The number of nitrogens with zero attached hydrogens (tertiary/aromatic N) is 3. The van der Waals surface area contributed by atoms with Crippen molar-refractivity contribution in [1.29, 1.82) is 0 Å². The van der Waals surface area contributed by atoms with Crippen LogP contribution < -0.4 is 5.32 Å². The third kappa shape index (κ3) is 3.84. The van der Waals surface area contributed by atoms with Crippen LogP contribution in [0.3, 0.4) is 0 Å². The fourth-order valence-corrected chi connectivity index (χ4v) is 3.17. The topological polar surface area (TPSA) is 78.7 Å². The van der Waals surface area contributed by atoms with Crippen molar-refractivity contribution in [2.75, 3.05) is 38.0 Å². The Hall–Kier alpha value is -2.15. The maximum Gasteiger partial charge on any atom is 0.321 e. The molecule has 1 aliphatic carbocycles. The first kappa shape index (κ1) is 16.7. The molecule has 2 amide bonds. The highest BCUT2D eigenvalue weighted by Gasteiger charge is 2.28. The number of piperazine rings is 1. The van der Waals surface area contributed by atoms with Crippen LogP contribution in [0.15, 0.2) is 12.1 Å². The van der Waals surface area contributed by atoms with Crippen LogP contribution in [0, 0.1) is 29.9 Å². The van der Waals surface area contributed by atoms with Gasteiger partial charge in [0.1, 0.15) is 0 Å². The SMILES string of the molecule is Cc1cc(C)c([N+](=O)[O-])cc1NC(=O)N1CCN(CC2CC2)CC1. The molecule has 1 heterocycles. The fraction of sp³-hybridized carbons (Fsp3) is 0.588. The molecule has 0 radical (unpaired) electrons. The Balaban J connectivity index is 1.60. The maximum atomic E-state index is 12.5. The highest BCUT2D eigenvalue weighted by Crippen LogP contribution is 2.30. The van der Waals surface area contributed by atoms with E-state index in [1.807, 2.05) is 6.92 Å². The second kappa shape index (κ2) is 6.76. The van der Waals surface area contributed by atoms with E-state index in [1.54, 1.807) is 17.9 Å². The normalized spacial score (nSPS) is 18.5. The minimum atomic E-state index is -0.416. The number of benzene rings is 1. The third-order valence-corrected chi connectivity index (χ3v) is 4.85. The smallest absolute Gasteiger partial charge is 0.321 e. The summed E-state index contributed by atoms with van der Waals surface area (Å²) in [6, 6.07) is 3.01. The number of amides is 2. The van der Waals surface area contributed by atoms with Gasteiger partial charge in [0, 0.05) is 44.4 Å². The van der Waals surface area contributed by atoms with Gasteiger partial charge in [-0.3, -0.25) is 15.0 Å². The summed E-state index contributed by atoms with van der Waals surface area (Å²) in [6.07, 6.45) is 2.68. The fourth-order valence-electron chi connectivity index (χ4n) is 3.17. The van der Waals surface area contributed by atoms with E-state index in [1.165, 1.54) is 18.9 Å². The van der Waals surface area contributed by atoms with E-state index in [0.29, 0.717) is 24.3 Å². The van der Waals surface area contributed by atoms with Crippen molar-refractivity contribution >= 4 is 17.4 Å². The largest absolute Gasteiger partial charge is 0.322 e. The second-order valence-corrected chi connectivity index (χ2v) is 6.87. The van der Waals surface area contributed by atoms with E-state index in [2.05, 4.69) is 10.2 Å². The molecule has 2 fully saturated rings. The summed E-state index contributed by atoms with van der Waals surface area (Å²) in [4.78, 5) is 27.3. The van der Waals surface area contributed by atoms with E-state index in [-0.39, 0.29) is 11.7 Å². The molecule has 1 saturated carbocycles. The number of nitrogens with one attached hydrogen (secondary N) is 1. The molecule has 0 unspecified atom stereocenters. The first-order chi connectivity index (χ1) is 11.4.